The van der Waals surface area contributed by atoms with Crippen molar-refractivity contribution in [2.24, 2.45) is 0 Å². The first kappa shape index (κ1) is 10.7. The van der Waals surface area contributed by atoms with Crippen LogP contribution < -0.4 is 10.8 Å². The highest BCUT2D eigenvalue weighted by Gasteiger charge is 2.17. The number of H-pyrrole nitrogens is 1. The number of nitrogens with one attached hydrogen (secondary N) is 2. The van der Waals surface area contributed by atoms with E-state index in [2.05, 4.69) is 10.3 Å². The molecule has 1 aromatic heterocycles. The largest absolute Gasteiger partial charge is 0.490 e. The van der Waals surface area contributed by atoms with Gasteiger partial charge in [-0.15, -0.1) is 0 Å². The molecule has 1 aromatic carbocycles. The number of fused-ring (bicyclic) bond motifs is 1. The summed E-state index contributed by atoms with van der Waals surface area (Å²) in [6.07, 6.45) is 0. The van der Waals surface area contributed by atoms with Gasteiger partial charge in [0.2, 0.25) is 0 Å². The van der Waals surface area contributed by atoms with E-state index in [0.717, 1.165) is 5.39 Å². The van der Waals surface area contributed by atoms with Gasteiger partial charge in [-0.2, -0.15) is 0 Å². The topological polar surface area (TPSA) is 85.3 Å². The first-order valence-electron chi connectivity index (χ1n) is 4.83. The van der Waals surface area contributed by atoms with Crippen LogP contribution in [0.3, 0.4) is 0 Å². The monoisotopic (exact) mass is 218 g/mol. The fourth-order valence-corrected chi connectivity index (χ4v) is 1.65. The maximum absolute atomic E-state index is 11.4. The van der Waals surface area contributed by atoms with Gasteiger partial charge < -0.3 is 20.3 Å². The molecule has 0 radical (unpaired) electrons. The Balaban J connectivity index is 2.61. The second kappa shape index (κ2) is 4.00. The molecule has 0 spiro atoms. The molecule has 0 aliphatic carbocycles. The highest BCUT2D eigenvalue weighted by molar-refractivity contribution is 6.61. The molecule has 5 nitrogen and oxygen atoms in total. The highest BCUT2D eigenvalue weighted by Crippen LogP contribution is 2.13. The average Bonchev–Trinajstić information content (AvgIpc) is 2.70. The fourth-order valence-electron chi connectivity index (χ4n) is 1.65. The number of hydrogen-bond donors (Lipinski definition) is 4. The zero-order valence-corrected chi connectivity index (χ0v) is 8.69. The maximum Gasteiger partial charge on any atom is 0.490 e. The number of carbonyl (C=O) groups excluding carboxylic acids is 1. The molecule has 82 valence electrons. The van der Waals surface area contributed by atoms with Crippen molar-refractivity contribution in [3.63, 3.8) is 0 Å². The molecule has 1 amide bonds. The minimum atomic E-state index is -1.56. The van der Waals surface area contributed by atoms with E-state index in [-0.39, 0.29) is 5.91 Å². The summed E-state index contributed by atoms with van der Waals surface area (Å²) in [5, 5.41) is 21.6. The average molecular weight is 218 g/mol. The van der Waals surface area contributed by atoms with Crippen molar-refractivity contribution in [3.8, 4) is 0 Å². The van der Waals surface area contributed by atoms with Crippen LogP contribution in [0.2, 0.25) is 0 Å². The molecule has 0 aliphatic rings. The molecule has 0 bridgehead atoms. The fraction of sp³-hybridized carbons (Fsp3) is 0.100. The summed E-state index contributed by atoms with van der Waals surface area (Å²) in [7, 11) is -0.0183. The number of amides is 1. The Labute approximate surface area is 92.2 Å². The van der Waals surface area contributed by atoms with Crippen molar-refractivity contribution in [3.05, 3.63) is 30.0 Å². The summed E-state index contributed by atoms with van der Waals surface area (Å²) in [4.78, 5) is 14.3. The Morgan fingerprint density at radius 3 is 2.81 bits per heavy atom. The minimum absolute atomic E-state index is 0.241. The van der Waals surface area contributed by atoms with Crippen molar-refractivity contribution in [1.82, 2.24) is 10.3 Å². The predicted octanol–water partition coefficient (Wildman–Crippen LogP) is -0.793. The van der Waals surface area contributed by atoms with Gasteiger partial charge in [-0.05, 0) is 11.5 Å². The van der Waals surface area contributed by atoms with E-state index in [1.54, 1.807) is 24.3 Å². The SMILES string of the molecule is CNC(=O)c1cc2cccc(B(O)O)c2[nH]1. The summed E-state index contributed by atoms with van der Waals surface area (Å²) >= 11 is 0. The van der Waals surface area contributed by atoms with Gasteiger partial charge in [-0.1, -0.05) is 18.2 Å². The Kier molecular flexibility index (Phi) is 2.68. The van der Waals surface area contributed by atoms with E-state index in [0.29, 0.717) is 16.7 Å². The number of aromatic amines is 1. The zero-order valence-electron chi connectivity index (χ0n) is 8.69. The van der Waals surface area contributed by atoms with Crippen LogP contribution in [0.5, 0.6) is 0 Å². The van der Waals surface area contributed by atoms with E-state index in [1.807, 2.05) is 0 Å². The van der Waals surface area contributed by atoms with E-state index in [9.17, 15) is 4.79 Å². The lowest BCUT2D eigenvalue weighted by molar-refractivity contribution is 0.0959. The minimum Gasteiger partial charge on any atom is -0.423 e. The molecule has 0 unspecified atom stereocenters. The van der Waals surface area contributed by atoms with Crippen molar-refractivity contribution in [2.75, 3.05) is 7.05 Å². The third-order valence-electron chi connectivity index (χ3n) is 2.44. The van der Waals surface area contributed by atoms with Gasteiger partial charge in [0.25, 0.3) is 5.91 Å². The molecule has 2 rings (SSSR count). The summed E-state index contributed by atoms with van der Waals surface area (Å²) < 4.78 is 0. The Morgan fingerprint density at radius 2 is 2.19 bits per heavy atom. The lowest BCUT2D eigenvalue weighted by Crippen LogP contribution is -2.30. The Hall–Kier alpha value is -1.79. The summed E-state index contributed by atoms with van der Waals surface area (Å²) in [5.74, 6) is -0.241. The molecule has 0 saturated carbocycles. The molecule has 2 aromatic rings. The van der Waals surface area contributed by atoms with E-state index >= 15 is 0 Å². The van der Waals surface area contributed by atoms with E-state index in [4.69, 9.17) is 10.0 Å². The predicted molar refractivity (Wildman–Crippen MR) is 61.5 cm³/mol. The van der Waals surface area contributed by atoms with Gasteiger partial charge in [0.05, 0.1) is 0 Å². The molecular formula is C10H11BN2O3. The summed E-state index contributed by atoms with van der Waals surface area (Å²) in [5.41, 5.74) is 1.31. The standard InChI is InChI=1S/C10H11BN2O3/c1-12-10(14)8-5-6-3-2-4-7(11(15)16)9(6)13-8/h2-5,13,15-16H,1H3,(H,12,14). The number of benzene rings is 1. The number of rotatable bonds is 2. The van der Waals surface area contributed by atoms with Crippen molar-refractivity contribution >= 4 is 29.4 Å². The number of carbonyl (C=O) groups is 1. The van der Waals surface area contributed by atoms with E-state index < -0.39 is 7.12 Å². The molecule has 0 saturated heterocycles. The Morgan fingerprint density at radius 1 is 1.44 bits per heavy atom. The normalized spacial score (nSPS) is 10.4. The third kappa shape index (κ3) is 1.68. The van der Waals surface area contributed by atoms with Crippen LogP contribution in [0, 0.1) is 0 Å². The molecule has 6 heteroatoms. The van der Waals surface area contributed by atoms with Gasteiger partial charge in [0, 0.05) is 18.0 Å². The van der Waals surface area contributed by atoms with Crippen molar-refractivity contribution in [2.45, 2.75) is 0 Å². The Bertz CT molecular complexity index is 536. The van der Waals surface area contributed by atoms with Crippen LogP contribution in [0.15, 0.2) is 24.3 Å². The van der Waals surface area contributed by atoms with E-state index in [1.165, 1.54) is 7.05 Å². The number of para-hydroxylation sites is 1. The first-order chi connectivity index (χ1) is 7.63. The van der Waals surface area contributed by atoms with Gasteiger partial charge >= 0.3 is 7.12 Å². The van der Waals surface area contributed by atoms with Crippen LogP contribution in [0.1, 0.15) is 10.5 Å². The molecule has 16 heavy (non-hydrogen) atoms. The van der Waals surface area contributed by atoms with Gasteiger partial charge in [-0.3, -0.25) is 4.79 Å². The van der Waals surface area contributed by atoms with Crippen molar-refractivity contribution < 1.29 is 14.8 Å². The first-order valence-corrected chi connectivity index (χ1v) is 4.83. The lowest BCUT2D eigenvalue weighted by atomic mass is 9.79. The second-order valence-corrected chi connectivity index (χ2v) is 3.45. The molecular weight excluding hydrogens is 207 g/mol. The quantitative estimate of drug-likeness (QED) is 0.498. The van der Waals surface area contributed by atoms with Crippen LogP contribution in [0.25, 0.3) is 10.9 Å². The van der Waals surface area contributed by atoms with Gasteiger partial charge in [0.1, 0.15) is 5.69 Å². The molecule has 0 fully saturated rings. The van der Waals surface area contributed by atoms with Crippen LogP contribution >= 0.6 is 0 Å². The number of hydrogen-bond acceptors (Lipinski definition) is 3. The second-order valence-electron chi connectivity index (χ2n) is 3.45. The third-order valence-corrected chi connectivity index (χ3v) is 2.44. The lowest BCUT2D eigenvalue weighted by Gasteiger charge is -2.00. The maximum atomic E-state index is 11.4. The van der Waals surface area contributed by atoms with Gasteiger partial charge in [0.15, 0.2) is 0 Å². The van der Waals surface area contributed by atoms with Crippen LogP contribution in [-0.4, -0.2) is 35.1 Å². The van der Waals surface area contributed by atoms with Gasteiger partial charge in [-0.25, -0.2) is 0 Å². The molecule has 0 aliphatic heterocycles. The zero-order chi connectivity index (χ0) is 11.7. The molecule has 1 heterocycles. The smallest absolute Gasteiger partial charge is 0.423 e. The summed E-state index contributed by atoms with van der Waals surface area (Å²) in [6.45, 7) is 0. The van der Waals surface area contributed by atoms with Crippen LogP contribution in [0.4, 0.5) is 0 Å². The summed E-state index contributed by atoms with van der Waals surface area (Å²) in [6, 6.07) is 6.76. The highest BCUT2D eigenvalue weighted by atomic mass is 16.4. The number of aromatic nitrogens is 1. The van der Waals surface area contributed by atoms with Crippen LogP contribution in [-0.2, 0) is 0 Å². The van der Waals surface area contributed by atoms with Crippen molar-refractivity contribution in [1.29, 1.82) is 0 Å². The molecule has 4 N–H and O–H groups in total. The molecule has 0 atom stereocenters.